The van der Waals surface area contributed by atoms with Crippen molar-refractivity contribution in [1.82, 2.24) is 20.1 Å². The normalized spacial score (nSPS) is 22.4. The van der Waals surface area contributed by atoms with Crippen LogP contribution in [0.5, 0.6) is 0 Å². The monoisotopic (exact) mass is 718 g/mol. The quantitative estimate of drug-likeness (QED) is 0.230. The van der Waals surface area contributed by atoms with Crippen LogP contribution >= 0.6 is 0 Å². The predicted molar refractivity (Wildman–Crippen MR) is 183 cm³/mol. The molecule has 14 nitrogen and oxygen atoms in total. The Bertz CT molecular complexity index is 1500. The molecule has 0 spiro atoms. The van der Waals surface area contributed by atoms with E-state index in [0.717, 1.165) is 11.1 Å². The number of carbonyl (C=O) groups excluding carboxylic acids is 4. The third-order valence-electron chi connectivity index (χ3n) is 7.88. The van der Waals surface area contributed by atoms with Gasteiger partial charge in [-0.15, -0.1) is 0 Å². The largest absolute Gasteiger partial charge is 0.509 e. The van der Waals surface area contributed by atoms with Crippen LogP contribution in [0, 0.1) is 0 Å². The lowest BCUT2D eigenvalue weighted by Gasteiger charge is -2.30. The van der Waals surface area contributed by atoms with Crippen molar-refractivity contribution in [1.29, 1.82) is 0 Å². The summed E-state index contributed by atoms with van der Waals surface area (Å²) in [5.41, 5.74) is -0.889. The Balaban J connectivity index is 1.53. The molecule has 1 aromatic heterocycles. The van der Waals surface area contributed by atoms with Crippen LogP contribution in [0.25, 0.3) is 11.3 Å². The van der Waals surface area contributed by atoms with E-state index in [-0.39, 0.29) is 38.9 Å². The lowest BCUT2D eigenvalue weighted by Crippen LogP contribution is -2.46. The van der Waals surface area contributed by atoms with Crippen molar-refractivity contribution < 1.29 is 51.7 Å². The number of amides is 3. The van der Waals surface area contributed by atoms with E-state index in [9.17, 15) is 23.6 Å². The average Bonchev–Trinajstić information content (AvgIpc) is 3.71. The van der Waals surface area contributed by atoms with E-state index in [0.29, 0.717) is 5.76 Å². The molecule has 15 heteroatoms. The van der Waals surface area contributed by atoms with Crippen molar-refractivity contribution in [3.8, 4) is 11.3 Å². The van der Waals surface area contributed by atoms with Crippen LogP contribution in [0.15, 0.2) is 41.3 Å². The molecule has 4 rings (SSSR count). The molecule has 2 aliphatic rings. The minimum atomic E-state index is -1.22. The summed E-state index contributed by atoms with van der Waals surface area (Å²) in [5, 5.41) is 2.68. The number of halogens is 1. The molecule has 282 valence electrons. The summed E-state index contributed by atoms with van der Waals surface area (Å²) < 4.78 is 47.9. The standard InChI is InChI=1S/C36H51FN4O10/c1-34(2,3)49-31(43)40-19-24(37)17-25(40)14-15-39-30(42)48-29-26(16-22-10-12-23(13-11-22)27-18-38-21-46-27)41(32(44)50-35(4,5)6)20-28(29)47-33(45)51-36(7,8)9/h10-13,18,21,24-26,28-29H,14-17,19-20H2,1-9H3,(H,39,42)/t24-,25-,26-,28+,29+/m1/s1. The molecule has 0 radical (unpaired) electrons. The number of ether oxygens (including phenoxy) is 5. The Morgan fingerprint density at radius 2 is 1.47 bits per heavy atom. The number of hydrogen-bond acceptors (Lipinski definition) is 11. The van der Waals surface area contributed by atoms with Gasteiger partial charge >= 0.3 is 24.4 Å². The van der Waals surface area contributed by atoms with E-state index in [2.05, 4.69) is 10.3 Å². The van der Waals surface area contributed by atoms with E-state index < -0.39 is 71.7 Å². The van der Waals surface area contributed by atoms with E-state index in [1.54, 1.807) is 68.5 Å². The van der Waals surface area contributed by atoms with Gasteiger partial charge in [0.1, 0.15) is 23.0 Å². The van der Waals surface area contributed by atoms with E-state index in [4.69, 9.17) is 28.1 Å². The van der Waals surface area contributed by atoms with Gasteiger partial charge in [0.05, 0.1) is 25.3 Å². The number of oxazole rings is 1. The fourth-order valence-corrected chi connectivity index (χ4v) is 5.86. The van der Waals surface area contributed by atoms with Crippen LogP contribution in [0.1, 0.15) is 80.7 Å². The van der Waals surface area contributed by atoms with Gasteiger partial charge in [0.25, 0.3) is 0 Å². The van der Waals surface area contributed by atoms with Gasteiger partial charge in [-0.25, -0.2) is 28.6 Å². The molecular weight excluding hydrogens is 667 g/mol. The summed E-state index contributed by atoms with van der Waals surface area (Å²) in [6.07, 6.45) is -3.15. The number of hydrogen-bond donors (Lipinski definition) is 1. The summed E-state index contributed by atoms with van der Waals surface area (Å²) >= 11 is 0. The number of alkyl carbamates (subject to hydrolysis) is 1. The highest BCUT2D eigenvalue weighted by molar-refractivity contribution is 5.71. The fourth-order valence-electron chi connectivity index (χ4n) is 5.86. The van der Waals surface area contributed by atoms with Crippen LogP contribution in [0.2, 0.25) is 0 Å². The summed E-state index contributed by atoms with van der Waals surface area (Å²) in [7, 11) is 0. The number of benzene rings is 1. The van der Waals surface area contributed by atoms with Crippen molar-refractivity contribution in [2.45, 2.75) is 129 Å². The second-order valence-electron chi connectivity index (χ2n) is 15.8. The number of likely N-dealkylation sites (tertiary alicyclic amines) is 2. The van der Waals surface area contributed by atoms with Gasteiger partial charge < -0.3 is 38.3 Å². The summed E-state index contributed by atoms with van der Waals surface area (Å²) in [5.74, 6) is 0.579. The van der Waals surface area contributed by atoms with E-state index in [1.165, 1.54) is 16.2 Å². The first-order valence-corrected chi connectivity index (χ1v) is 17.1. The minimum Gasteiger partial charge on any atom is -0.444 e. The highest BCUT2D eigenvalue weighted by Gasteiger charge is 2.50. The number of rotatable bonds is 8. The molecule has 0 bridgehead atoms. The Kier molecular flexibility index (Phi) is 12.1. The Labute approximate surface area is 298 Å². The number of nitrogens with zero attached hydrogens (tertiary/aromatic N) is 3. The summed E-state index contributed by atoms with van der Waals surface area (Å²) in [6, 6.07) is 6.05. The van der Waals surface area contributed by atoms with Gasteiger partial charge in [0.15, 0.2) is 24.4 Å². The molecule has 2 saturated heterocycles. The van der Waals surface area contributed by atoms with Crippen molar-refractivity contribution >= 4 is 24.4 Å². The van der Waals surface area contributed by atoms with Crippen molar-refractivity contribution in [3.63, 3.8) is 0 Å². The smallest absolute Gasteiger partial charge is 0.444 e. The zero-order valence-corrected chi connectivity index (χ0v) is 30.9. The van der Waals surface area contributed by atoms with Crippen LogP contribution in [-0.2, 0) is 30.1 Å². The van der Waals surface area contributed by atoms with Crippen molar-refractivity contribution in [2.24, 2.45) is 0 Å². The maximum Gasteiger partial charge on any atom is 0.509 e. The molecule has 0 saturated carbocycles. The predicted octanol–water partition coefficient (Wildman–Crippen LogP) is 6.66. The Morgan fingerprint density at radius 1 is 0.863 bits per heavy atom. The lowest BCUT2D eigenvalue weighted by atomic mass is 9.99. The molecule has 2 aliphatic heterocycles. The molecule has 2 fully saturated rings. The Hall–Kier alpha value is -4.56. The van der Waals surface area contributed by atoms with E-state index in [1.807, 2.05) is 24.3 Å². The molecule has 51 heavy (non-hydrogen) atoms. The first-order chi connectivity index (χ1) is 23.7. The van der Waals surface area contributed by atoms with Gasteiger partial charge in [-0.05, 0) is 80.7 Å². The fraction of sp³-hybridized carbons (Fsp3) is 0.639. The molecule has 2 aromatic rings. The Morgan fingerprint density at radius 3 is 2.04 bits per heavy atom. The van der Waals surface area contributed by atoms with Crippen molar-refractivity contribution in [3.05, 3.63) is 42.4 Å². The summed E-state index contributed by atoms with van der Waals surface area (Å²) in [4.78, 5) is 59.2. The third kappa shape index (κ3) is 11.7. The topological polar surface area (TPSA) is 159 Å². The minimum absolute atomic E-state index is 0.0450. The van der Waals surface area contributed by atoms with Crippen LogP contribution in [0.3, 0.4) is 0 Å². The average molecular weight is 719 g/mol. The van der Waals surface area contributed by atoms with Crippen LogP contribution in [-0.4, -0.2) is 106 Å². The van der Waals surface area contributed by atoms with Gasteiger partial charge in [-0.2, -0.15) is 0 Å². The molecule has 0 aliphatic carbocycles. The molecule has 3 heterocycles. The maximum absolute atomic E-state index is 14.4. The number of aromatic nitrogens is 1. The molecule has 1 N–H and O–H groups in total. The zero-order valence-electron chi connectivity index (χ0n) is 30.9. The highest BCUT2D eigenvalue weighted by Crippen LogP contribution is 2.31. The van der Waals surface area contributed by atoms with Gasteiger partial charge in [0, 0.05) is 24.6 Å². The SMILES string of the molecule is CC(C)(C)OC(=O)O[C@H]1CN(C(=O)OC(C)(C)C)[C@H](Cc2ccc(-c3cnco3)cc2)[C@@H]1OC(=O)NCC[C@@H]1C[C@@H](F)CN1C(=O)OC(C)(C)C. The molecule has 5 atom stereocenters. The second-order valence-corrected chi connectivity index (χ2v) is 15.8. The first-order valence-electron chi connectivity index (χ1n) is 17.1. The number of alkyl halides is 1. The van der Waals surface area contributed by atoms with Gasteiger partial charge in [-0.1, -0.05) is 24.3 Å². The number of nitrogens with one attached hydrogen (secondary N) is 1. The molecule has 1 aromatic carbocycles. The maximum atomic E-state index is 14.4. The number of carbonyl (C=O) groups is 4. The molecule has 0 unspecified atom stereocenters. The highest BCUT2D eigenvalue weighted by atomic mass is 19.1. The summed E-state index contributed by atoms with van der Waals surface area (Å²) in [6.45, 7) is 15.2. The molecule has 3 amide bonds. The lowest BCUT2D eigenvalue weighted by molar-refractivity contribution is -0.0518. The van der Waals surface area contributed by atoms with Crippen LogP contribution in [0.4, 0.5) is 23.6 Å². The first kappa shape index (κ1) is 39.2. The van der Waals surface area contributed by atoms with E-state index >= 15 is 0 Å². The van der Waals surface area contributed by atoms with Gasteiger partial charge in [-0.3, -0.25) is 4.90 Å². The third-order valence-corrected chi connectivity index (χ3v) is 7.88. The van der Waals surface area contributed by atoms with Gasteiger partial charge in [0.2, 0.25) is 0 Å². The van der Waals surface area contributed by atoms with Crippen LogP contribution < -0.4 is 5.32 Å². The second kappa shape index (κ2) is 15.8. The molecular formula is C36H51FN4O10. The van der Waals surface area contributed by atoms with Crippen molar-refractivity contribution in [2.75, 3.05) is 19.6 Å². The zero-order chi connectivity index (χ0) is 37.7.